The normalized spacial score (nSPS) is 20.9. The fraction of sp³-hybridized carbons (Fsp3) is 0.917. The van der Waals surface area contributed by atoms with Crippen molar-refractivity contribution in [2.45, 2.75) is 50.2 Å². The third-order valence-electron chi connectivity index (χ3n) is 2.89. The highest BCUT2D eigenvalue weighted by atomic mass is 32.2. The molecule has 0 bridgehead atoms. The molecule has 0 aromatic rings. The molecule has 1 aliphatic rings. The number of thioether (sulfide) groups is 1. The van der Waals surface area contributed by atoms with Gasteiger partial charge in [-0.15, -0.1) is 0 Å². The molecule has 3 nitrogen and oxygen atoms in total. The lowest BCUT2D eigenvalue weighted by Crippen LogP contribution is -2.27. The van der Waals surface area contributed by atoms with Crippen molar-refractivity contribution >= 4 is 17.7 Å². The minimum Gasteiger partial charge on any atom is -0.481 e. The van der Waals surface area contributed by atoms with Crippen molar-refractivity contribution < 1.29 is 9.90 Å². The standard InChI is InChI=1S/C12H23NO2S/c14-12(15)7-2-1-4-8-13-10-11-6-3-5-9-16-11/h11,13H,1-10H2,(H,14,15). The second-order valence-electron chi connectivity index (χ2n) is 4.40. The van der Waals surface area contributed by atoms with Crippen LogP contribution < -0.4 is 5.32 Å². The summed E-state index contributed by atoms with van der Waals surface area (Å²) in [4.78, 5) is 10.3. The molecule has 1 aliphatic heterocycles. The zero-order valence-electron chi connectivity index (χ0n) is 9.91. The lowest BCUT2D eigenvalue weighted by Gasteiger charge is -2.21. The van der Waals surface area contributed by atoms with Gasteiger partial charge in [0.2, 0.25) is 0 Å². The third kappa shape index (κ3) is 7.12. The van der Waals surface area contributed by atoms with Gasteiger partial charge in [-0.2, -0.15) is 11.8 Å². The van der Waals surface area contributed by atoms with Crippen LogP contribution in [0.15, 0.2) is 0 Å². The monoisotopic (exact) mass is 245 g/mol. The van der Waals surface area contributed by atoms with Gasteiger partial charge in [0.1, 0.15) is 0 Å². The molecule has 0 amide bonds. The van der Waals surface area contributed by atoms with Crippen LogP contribution in [-0.2, 0) is 4.79 Å². The van der Waals surface area contributed by atoms with Gasteiger partial charge in [-0.05, 0) is 38.0 Å². The van der Waals surface area contributed by atoms with Crippen molar-refractivity contribution in [1.82, 2.24) is 5.32 Å². The van der Waals surface area contributed by atoms with E-state index in [2.05, 4.69) is 17.1 Å². The Morgan fingerprint density at radius 2 is 2.19 bits per heavy atom. The zero-order valence-corrected chi connectivity index (χ0v) is 10.7. The summed E-state index contributed by atoms with van der Waals surface area (Å²) >= 11 is 2.10. The summed E-state index contributed by atoms with van der Waals surface area (Å²) in [5, 5.41) is 12.8. The summed E-state index contributed by atoms with van der Waals surface area (Å²) in [6.07, 6.45) is 7.39. The number of hydrogen-bond donors (Lipinski definition) is 2. The van der Waals surface area contributed by atoms with Crippen LogP contribution in [0, 0.1) is 0 Å². The fourth-order valence-corrected chi connectivity index (χ4v) is 3.21. The molecule has 1 atom stereocenters. The van der Waals surface area contributed by atoms with Crippen molar-refractivity contribution in [3.8, 4) is 0 Å². The topological polar surface area (TPSA) is 49.3 Å². The summed E-state index contributed by atoms with van der Waals surface area (Å²) < 4.78 is 0. The first-order valence-electron chi connectivity index (χ1n) is 6.33. The second-order valence-corrected chi connectivity index (χ2v) is 5.81. The molecule has 4 heteroatoms. The predicted octanol–water partition coefficient (Wildman–Crippen LogP) is 2.51. The van der Waals surface area contributed by atoms with Gasteiger partial charge in [0.25, 0.3) is 0 Å². The summed E-state index contributed by atoms with van der Waals surface area (Å²) in [7, 11) is 0. The molecule has 0 aliphatic carbocycles. The molecule has 94 valence electrons. The first-order chi connectivity index (χ1) is 7.79. The third-order valence-corrected chi connectivity index (χ3v) is 4.29. The van der Waals surface area contributed by atoms with Gasteiger partial charge in [0.15, 0.2) is 0 Å². The Balaban J connectivity index is 1.82. The number of carbonyl (C=O) groups is 1. The molecule has 0 saturated carbocycles. The molecule has 1 fully saturated rings. The maximum absolute atomic E-state index is 10.3. The first kappa shape index (κ1) is 13.8. The van der Waals surface area contributed by atoms with E-state index in [0.717, 1.165) is 37.6 Å². The summed E-state index contributed by atoms with van der Waals surface area (Å²) in [6, 6.07) is 0. The highest BCUT2D eigenvalue weighted by Gasteiger charge is 2.12. The van der Waals surface area contributed by atoms with E-state index >= 15 is 0 Å². The van der Waals surface area contributed by atoms with Crippen LogP contribution >= 0.6 is 11.8 Å². The summed E-state index contributed by atoms with van der Waals surface area (Å²) in [5.74, 6) is 0.650. The first-order valence-corrected chi connectivity index (χ1v) is 7.38. The van der Waals surface area contributed by atoms with Crippen LogP contribution in [0.2, 0.25) is 0 Å². The predicted molar refractivity (Wildman–Crippen MR) is 69.1 cm³/mol. The number of carboxylic acid groups (broad SMARTS) is 1. The van der Waals surface area contributed by atoms with Crippen LogP contribution in [-0.4, -0.2) is 35.2 Å². The molecule has 0 spiro atoms. The Labute approximate surface area is 102 Å². The number of nitrogens with one attached hydrogen (secondary N) is 1. The van der Waals surface area contributed by atoms with Crippen molar-refractivity contribution in [2.24, 2.45) is 0 Å². The Bertz CT molecular complexity index is 193. The van der Waals surface area contributed by atoms with Crippen molar-refractivity contribution in [3.63, 3.8) is 0 Å². The maximum Gasteiger partial charge on any atom is 0.303 e. The lowest BCUT2D eigenvalue weighted by atomic mass is 10.2. The van der Waals surface area contributed by atoms with Gasteiger partial charge in [-0.1, -0.05) is 12.8 Å². The highest BCUT2D eigenvalue weighted by molar-refractivity contribution is 7.99. The number of carboxylic acids is 1. The van der Waals surface area contributed by atoms with Crippen LogP contribution in [0.3, 0.4) is 0 Å². The van der Waals surface area contributed by atoms with E-state index in [1.165, 1.54) is 25.0 Å². The van der Waals surface area contributed by atoms with Crippen LogP contribution in [0.5, 0.6) is 0 Å². The van der Waals surface area contributed by atoms with E-state index in [1.807, 2.05) is 0 Å². The minimum absolute atomic E-state index is 0.318. The average molecular weight is 245 g/mol. The molecule has 0 aromatic carbocycles. The van der Waals surface area contributed by atoms with Gasteiger partial charge < -0.3 is 10.4 Å². The van der Waals surface area contributed by atoms with Crippen molar-refractivity contribution in [3.05, 3.63) is 0 Å². The highest BCUT2D eigenvalue weighted by Crippen LogP contribution is 2.24. The average Bonchev–Trinajstić information content (AvgIpc) is 2.29. The Kier molecular flexibility index (Phi) is 7.68. The largest absolute Gasteiger partial charge is 0.481 e. The van der Waals surface area contributed by atoms with Crippen molar-refractivity contribution in [2.75, 3.05) is 18.8 Å². The molecule has 1 rings (SSSR count). The zero-order chi connectivity index (χ0) is 11.6. The molecule has 1 heterocycles. The Morgan fingerprint density at radius 3 is 2.88 bits per heavy atom. The van der Waals surface area contributed by atoms with E-state index < -0.39 is 5.97 Å². The molecule has 1 unspecified atom stereocenters. The summed E-state index contributed by atoms with van der Waals surface area (Å²) in [6.45, 7) is 2.17. The van der Waals surface area contributed by atoms with Gasteiger partial charge in [0, 0.05) is 18.2 Å². The second kappa shape index (κ2) is 8.88. The van der Waals surface area contributed by atoms with E-state index in [-0.39, 0.29) is 0 Å². The Morgan fingerprint density at radius 1 is 1.31 bits per heavy atom. The maximum atomic E-state index is 10.3. The van der Waals surface area contributed by atoms with Crippen LogP contribution in [0.4, 0.5) is 0 Å². The lowest BCUT2D eigenvalue weighted by molar-refractivity contribution is -0.137. The molecular weight excluding hydrogens is 222 g/mol. The molecule has 1 saturated heterocycles. The van der Waals surface area contributed by atoms with E-state index in [0.29, 0.717) is 6.42 Å². The summed E-state index contributed by atoms with van der Waals surface area (Å²) in [5.41, 5.74) is 0. The van der Waals surface area contributed by atoms with Crippen LogP contribution in [0.1, 0.15) is 44.9 Å². The molecule has 0 aromatic heterocycles. The fourth-order valence-electron chi connectivity index (χ4n) is 1.93. The smallest absolute Gasteiger partial charge is 0.303 e. The SMILES string of the molecule is O=C(O)CCCCCNCC1CCCCS1. The molecule has 2 N–H and O–H groups in total. The number of rotatable bonds is 8. The molecule has 0 radical (unpaired) electrons. The number of aliphatic carboxylic acids is 1. The molecular formula is C12H23NO2S. The van der Waals surface area contributed by atoms with Gasteiger partial charge in [0.05, 0.1) is 0 Å². The minimum atomic E-state index is -0.674. The van der Waals surface area contributed by atoms with Crippen molar-refractivity contribution in [1.29, 1.82) is 0 Å². The quantitative estimate of drug-likeness (QED) is 0.645. The van der Waals surface area contributed by atoms with E-state index in [4.69, 9.17) is 5.11 Å². The Hall–Kier alpha value is -0.220. The van der Waals surface area contributed by atoms with Gasteiger partial charge in [-0.25, -0.2) is 0 Å². The number of hydrogen-bond acceptors (Lipinski definition) is 3. The van der Waals surface area contributed by atoms with Crippen LogP contribution in [0.25, 0.3) is 0 Å². The van der Waals surface area contributed by atoms with Gasteiger partial charge in [-0.3, -0.25) is 4.79 Å². The van der Waals surface area contributed by atoms with E-state index in [9.17, 15) is 4.79 Å². The van der Waals surface area contributed by atoms with E-state index in [1.54, 1.807) is 0 Å². The van der Waals surface area contributed by atoms with Gasteiger partial charge >= 0.3 is 5.97 Å². The number of unbranched alkanes of at least 4 members (excludes halogenated alkanes) is 2. The molecule has 16 heavy (non-hydrogen) atoms.